The van der Waals surface area contributed by atoms with E-state index in [9.17, 15) is 4.79 Å². The molecule has 17 heavy (non-hydrogen) atoms. The maximum Gasteiger partial charge on any atom is 0.347 e. The number of carboxylic acids is 1. The highest BCUT2D eigenvalue weighted by Crippen LogP contribution is 2.30. The molecule has 1 atom stereocenters. The van der Waals surface area contributed by atoms with Crippen molar-refractivity contribution in [3.05, 3.63) is 10.6 Å². The van der Waals surface area contributed by atoms with Crippen LogP contribution in [-0.4, -0.2) is 28.6 Å². The fourth-order valence-electron chi connectivity index (χ4n) is 2.26. The number of aryl methyl sites for hydroxylation is 1. The van der Waals surface area contributed by atoms with Crippen LogP contribution in [0.2, 0.25) is 0 Å². The molecule has 1 aliphatic rings. The maximum absolute atomic E-state index is 11.0. The van der Waals surface area contributed by atoms with Crippen LogP contribution in [0.4, 0.5) is 5.13 Å². The van der Waals surface area contributed by atoms with Gasteiger partial charge >= 0.3 is 5.97 Å². The third-order valence-electron chi connectivity index (χ3n) is 3.28. The van der Waals surface area contributed by atoms with E-state index in [1.165, 1.54) is 37.0 Å². The minimum Gasteiger partial charge on any atom is -0.477 e. The predicted molar refractivity (Wildman–Crippen MR) is 69.1 cm³/mol. The fraction of sp³-hybridized carbons (Fsp3) is 0.667. The Morgan fingerprint density at radius 2 is 2.24 bits per heavy atom. The summed E-state index contributed by atoms with van der Waals surface area (Å²) in [6.07, 6.45) is 4.86. The van der Waals surface area contributed by atoms with E-state index in [-0.39, 0.29) is 0 Å². The molecule has 1 saturated heterocycles. The number of hydrogen-bond donors (Lipinski definition) is 1. The lowest BCUT2D eigenvalue weighted by Gasteiger charge is -2.26. The van der Waals surface area contributed by atoms with Gasteiger partial charge in [-0.3, -0.25) is 0 Å². The van der Waals surface area contributed by atoms with Gasteiger partial charge in [0.2, 0.25) is 0 Å². The molecule has 0 bridgehead atoms. The second-order valence-electron chi connectivity index (χ2n) is 4.61. The topological polar surface area (TPSA) is 53.4 Å². The van der Waals surface area contributed by atoms with Crippen molar-refractivity contribution in [3.63, 3.8) is 0 Å². The molecule has 2 heterocycles. The maximum atomic E-state index is 11.0. The zero-order chi connectivity index (χ0) is 12.4. The lowest BCUT2D eigenvalue weighted by Crippen LogP contribution is -2.32. The minimum atomic E-state index is -0.867. The van der Waals surface area contributed by atoms with E-state index in [4.69, 9.17) is 5.11 Å². The van der Waals surface area contributed by atoms with Gasteiger partial charge in [-0.2, -0.15) is 0 Å². The van der Waals surface area contributed by atoms with Crippen molar-refractivity contribution in [2.75, 3.05) is 11.4 Å². The molecule has 0 amide bonds. The summed E-state index contributed by atoms with van der Waals surface area (Å²) in [7, 11) is 0. The van der Waals surface area contributed by atoms with Gasteiger partial charge in [-0.15, -0.1) is 0 Å². The molecular weight excluding hydrogens is 236 g/mol. The van der Waals surface area contributed by atoms with Crippen LogP contribution < -0.4 is 4.90 Å². The van der Waals surface area contributed by atoms with Gasteiger partial charge in [0.25, 0.3) is 0 Å². The highest BCUT2D eigenvalue weighted by molar-refractivity contribution is 7.17. The second-order valence-corrected chi connectivity index (χ2v) is 5.59. The molecule has 1 aromatic heterocycles. The van der Waals surface area contributed by atoms with E-state index < -0.39 is 5.97 Å². The molecule has 94 valence electrons. The molecular formula is C12H18N2O2S. The van der Waals surface area contributed by atoms with Crippen molar-refractivity contribution >= 4 is 22.4 Å². The highest BCUT2D eigenvalue weighted by Gasteiger charge is 2.22. The molecule has 1 N–H and O–H groups in total. The summed E-state index contributed by atoms with van der Waals surface area (Å²) in [5, 5.41) is 9.92. The first-order valence-electron chi connectivity index (χ1n) is 6.07. The average molecular weight is 254 g/mol. The molecule has 0 aliphatic carbocycles. The van der Waals surface area contributed by atoms with Crippen molar-refractivity contribution in [2.45, 2.75) is 45.6 Å². The number of carbonyl (C=O) groups is 1. The molecule has 1 unspecified atom stereocenters. The lowest BCUT2D eigenvalue weighted by atomic mass is 10.1. The molecule has 0 spiro atoms. The van der Waals surface area contributed by atoms with Gasteiger partial charge in [0, 0.05) is 12.6 Å². The smallest absolute Gasteiger partial charge is 0.347 e. The first-order valence-corrected chi connectivity index (χ1v) is 6.88. The number of hydrogen-bond acceptors (Lipinski definition) is 4. The zero-order valence-corrected chi connectivity index (χ0v) is 11.1. The van der Waals surface area contributed by atoms with E-state index in [1.54, 1.807) is 6.92 Å². The molecule has 1 aliphatic heterocycles. The predicted octanol–water partition coefficient (Wildman–Crippen LogP) is 2.92. The van der Waals surface area contributed by atoms with Crippen LogP contribution in [0.25, 0.3) is 0 Å². The fourth-order valence-corrected chi connectivity index (χ4v) is 3.30. The van der Waals surface area contributed by atoms with Gasteiger partial charge in [0.15, 0.2) is 5.13 Å². The molecule has 1 fully saturated rings. The van der Waals surface area contributed by atoms with Gasteiger partial charge < -0.3 is 10.0 Å². The quantitative estimate of drug-likeness (QED) is 0.881. The number of thiazole rings is 1. The molecule has 0 saturated carbocycles. The Morgan fingerprint density at radius 3 is 2.88 bits per heavy atom. The molecule has 5 heteroatoms. The number of aromatic carboxylic acids is 1. The monoisotopic (exact) mass is 254 g/mol. The van der Waals surface area contributed by atoms with Gasteiger partial charge in [-0.1, -0.05) is 24.2 Å². The van der Waals surface area contributed by atoms with Gasteiger partial charge in [0.05, 0.1) is 5.69 Å². The number of carboxylic acid groups (broad SMARTS) is 1. The minimum absolute atomic E-state index is 0.372. The van der Waals surface area contributed by atoms with E-state index in [2.05, 4.69) is 16.8 Å². The molecule has 1 aromatic rings. The SMILES string of the molecule is Cc1nc(N2CCCCCC2C)sc1C(=O)O. The summed E-state index contributed by atoms with van der Waals surface area (Å²) < 4.78 is 0. The van der Waals surface area contributed by atoms with Crippen LogP contribution in [0.1, 0.15) is 48.0 Å². The normalized spacial score (nSPS) is 21.3. The Kier molecular flexibility index (Phi) is 3.66. The van der Waals surface area contributed by atoms with E-state index >= 15 is 0 Å². The van der Waals surface area contributed by atoms with Crippen LogP contribution >= 0.6 is 11.3 Å². The number of anilines is 1. The van der Waals surface area contributed by atoms with Crippen molar-refractivity contribution in [1.29, 1.82) is 0 Å². The standard InChI is InChI=1S/C12H18N2O2S/c1-8-6-4-3-5-7-14(8)12-13-9(2)10(17-12)11(15)16/h8H,3-7H2,1-2H3,(H,15,16). The number of nitrogens with zero attached hydrogens (tertiary/aromatic N) is 2. The summed E-state index contributed by atoms with van der Waals surface area (Å²) in [5.74, 6) is -0.867. The summed E-state index contributed by atoms with van der Waals surface area (Å²) in [6, 6.07) is 0.463. The van der Waals surface area contributed by atoms with Crippen LogP contribution in [-0.2, 0) is 0 Å². The van der Waals surface area contributed by atoms with Gasteiger partial charge in [0.1, 0.15) is 4.88 Å². The van der Waals surface area contributed by atoms with Crippen molar-refractivity contribution < 1.29 is 9.90 Å². The summed E-state index contributed by atoms with van der Waals surface area (Å²) >= 11 is 1.30. The van der Waals surface area contributed by atoms with Gasteiger partial charge in [-0.25, -0.2) is 9.78 Å². The van der Waals surface area contributed by atoms with E-state index in [1.807, 2.05) is 0 Å². The van der Waals surface area contributed by atoms with Crippen molar-refractivity contribution in [2.24, 2.45) is 0 Å². The first kappa shape index (κ1) is 12.4. The highest BCUT2D eigenvalue weighted by atomic mass is 32.1. The third kappa shape index (κ3) is 2.60. The molecule has 4 nitrogen and oxygen atoms in total. The molecule has 2 rings (SSSR count). The Balaban J connectivity index is 2.26. The average Bonchev–Trinajstić information content (AvgIpc) is 2.51. The summed E-state index contributed by atoms with van der Waals surface area (Å²) in [6.45, 7) is 4.96. The molecule has 0 aromatic carbocycles. The van der Waals surface area contributed by atoms with Crippen LogP contribution in [0, 0.1) is 6.92 Å². The second kappa shape index (κ2) is 5.04. The Morgan fingerprint density at radius 1 is 1.47 bits per heavy atom. The van der Waals surface area contributed by atoms with Crippen molar-refractivity contribution in [3.8, 4) is 0 Å². The van der Waals surface area contributed by atoms with Crippen LogP contribution in [0.15, 0.2) is 0 Å². The van der Waals surface area contributed by atoms with E-state index in [0.717, 1.165) is 11.7 Å². The summed E-state index contributed by atoms with van der Waals surface area (Å²) in [5.41, 5.74) is 0.633. The van der Waals surface area contributed by atoms with Crippen molar-refractivity contribution in [1.82, 2.24) is 4.98 Å². The Bertz CT molecular complexity index is 417. The first-order chi connectivity index (χ1) is 8.09. The number of aromatic nitrogens is 1. The lowest BCUT2D eigenvalue weighted by molar-refractivity contribution is 0.0701. The molecule has 0 radical (unpaired) electrons. The Labute approximate surface area is 105 Å². The number of rotatable bonds is 2. The van der Waals surface area contributed by atoms with Crippen LogP contribution in [0.5, 0.6) is 0 Å². The van der Waals surface area contributed by atoms with Gasteiger partial charge in [-0.05, 0) is 26.7 Å². The zero-order valence-electron chi connectivity index (χ0n) is 10.3. The third-order valence-corrected chi connectivity index (χ3v) is 4.46. The Hall–Kier alpha value is -1.10. The van der Waals surface area contributed by atoms with Crippen LogP contribution in [0.3, 0.4) is 0 Å². The van der Waals surface area contributed by atoms with E-state index in [0.29, 0.717) is 16.6 Å². The largest absolute Gasteiger partial charge is 0.477 e. The summed E-state index contributed by atoms with van der Waals surface area (Å²) in [4.78, 5) is 18.1.